The highest BCUT2D eigenvalue weighted by atomic mass is 15.5. The monoisotopic (exact) mass is 336 g/mol. The molecule has 1 aromatic heterocycles. The summed E-state index contributed by atoms with van der Waals surface area (Å²) >= 11 is 0. The van der Waals surface area contributed by atoms with Gasteiger partial charge in [0.25, 0.3) is 0 Å². The van der Waals surface area contributed by atoms with E-state index in [2.05, 4.69) is 57.8 Å². The van der Waals surface area contributed by atoms with Gasteiger partial charge in [0.1, 0.15) is 0 Å². The molecule has 0 unspecified atom stereocenters. The SMILES string of the molecule is CCN(CC)Cc1ccccc1NCc1nnnn1-c1ccccc1. The van der Waals surface area contributed by atoms with Crippen LogP contribution in [0.15, 0.2) is 54.6 Å². The first-order valence-electron chi connectivity index (χ1n) is 8.68. The van der Waals surface area contributed by atoms with E-state index in [1.807, 2.05) is 36.4 Å². The van der Waals surface area contributed by atoms with Crippen molar-refractivity contribution < 1.29 is 0 Å². The summed E-state index contributed by atoms with van der Waals surface area (Å²) in [5.41, 5.74) is 3.36. The van der Waals surface area contributed by atoms with E-state index in [4.69, 9.17) is 0 Å². The Labute approximate surface area is 148 Å². The zero-order valence-electron chi connectivity index (χ0n) is 14.8. The molecule has 6 heteroatoms. The van der Waals surface area contributed by atoms with Crippen LogP contribution >= 0.6 is 0 Å². The molecule has 0 amide bonds. The quantitative estimate of drug-likeness (QED) is 0.685. The van der Waals surface area contributed by atoms with Gasteiger partial charge >= 0.3 is 0 Å². The molecular weight excluding hydrogens is 312 g/mol. The number of benzene rings is 2. The third-order valence-corrected chi connectivity index (χ3v) is 4.28. The Hall–Kier alpha value is -2.73. The van der Waals surface area contributed by atoms with E-state index in [0.717, 1.165) is 36.8 Å². The molecule has 0 aliphatic carbocycles. The number of rotatable bonds is 8. The first-order chi connectivity index (χ1) is 12.3. The normalized spacial score (nSPS) is 11.0. The molecule has 0 saturated carbocycles. The molecule has 0 atom stereocenters. The van der Waals surface area contributed by atoms with Crippen LogP contribution in [0.5, 0.6) is 0 Å². The minimum Gasteiger partial charge on any atom is -0.377 e. The lowest BCUT2D eigenvalue weighted by molar-refractivity contribution is 0.296. The van der Waals surface area contributed by atoms with E-state index in [1.54, 1.807) is 4.68 Å². The number of tetrazole rings is 1. The van der Waals surface area contributed by atoms with Gasteiger partial charge in [0.15, 0.2) is 5.82 Å². The zero-order valence-corrected chi connectivity index (χ0v) is 14.8. The topological polar surface area (TPSA) is 58.9 Å². The van der Waals surface area contributed by atoms with Crippen molar-refractivity contribution in [3.05, 3.63) is 66.0 Å². The van der Waals surface area contributed by atoms with Crippen molar-refractivity contribution in [3.63, 3.8) is 0 Å². The van der Waals surface area contributed by atoms with E-state index < -0.39 is 0 Å². The molecule has 1 N–H and O–H groups in total. The highest BCUT2D eigenvalue weighted by Gasteiger charge is 2.10. The first-order valence-corrected chi connectivity index (χ1v) is 8.68. The fourth-order valence-electron chi connectivity index (χ4n) is 2.78. The van der Waals surface area contributed by atoms with Crippen LogP contribution in [0.1, 0.15) is 25.2 Å². The Bertz CT molecular complexity index is 779. The fourth-order valence-corrected chi connectivity index (χ4v) is 2.78. The highest BCUT2D eigenvalue weighted by Crippen LogP contribution is 2.18. The number of hydrogen-bond acceptors (Lipinski definition) is 5. The molecule has 0 radical (unpaired) electrons. The third kappa shape index (κ3) is 4.22. The van der Waals surface area contributed by atoms with Crippen LogP contribution < -0.4 is 5.32 Å². The second kappa shape index (κ2) is 8.39. The van der Waals surface area contributed by atoms with Gasteiger partial charge in [0.05, 0.1) is 12.2 Å². The van der Waals surface area contributed by atoms with Crippen molar-refractivity contribution in [2.24, 2.45) is 0 Å². The molecule has 0 aliphatic rings. The predicted octanol–water partition coefficient (Wildman–Crippen LogP) is 3.12. The van der Waals surface area contributed by atoms with Crippen molar-refractivity contribution >= 4 is 5.69 Å². The number of nitrogens with zero attached hydrogens (tertiary/aromatic N) is 5. The summed E-state index contributed by atoms with van der Waals surface area (Å²) in [7, 11) is 0. The number of aromatic nitrogens is 4. The van der Waals surface area contributed by atoms with Crippen LogP contribution in [0.3, 0.4) is 0 Å². The van der Waals surface area contributed by atoms with Gasteiger partial charge < -0.3 is 5.32 Å². The average molecular weight is 336 g/mol. The highest BCUT2D eigenvalue weighted by molar-refractivity contribution is 5.51. The Morgan fingerprint density at radius 1 is 0.960 bits per heavy atom. The zero-order chi connectivity index (χ0) is 17.5. The minimum atomic E-state index is 0.567. The summed E-state index contributed by atoms with van der Waals surface area (Å²) in [6, 6.07) is 18.3. The first kappa shape index (κ1) is 17.1. The smallest absolute Gasteiger partial charge is 0.175 e. The molecule has 3 rings (SSSR count). The fraction of sp³-hybridized carbons (Fsp3) is 0.316. The molecule has 0 bridgehead atoms. The maximum absolute atomic E-state index is 4.16. The molecule has 1 heterocycles. The summed E-state index contributed by atoms with van der Waals surface area (Å²) in [4.78, 5) is 2.40. The van der Waals surface area contributed by atoms with Gasteiger partial charge in [0, 0.05) is 12.2 Å². The summed E-state index contributed by atoms with van der Waals surface area (Å²) in [5.74, 6) is 0.781. The Morgan fingerprint density at radius 2 is 1.68 bits per heavy atom. The van der Waals surface area contributed by atoms with Crippen molar-refractivity contribution in [2.75, 3.05) is 18.4 Å². The number of nitrogens with one attached hydrogen (secondary N) is 1. The summed E-state index contributed by atoms with van der Waals surface area (Å²) in [6.45, 7) is 7.95. The molecule has 6 nitrogen and oxygen atoms in total. The van der Waals surface area contributed by atoms with Crippen LogP contribution in [-0.2, 0) is 13.1 Å². The minimum absolute atomic E-state index is 0.567. The second-order valence-corrected chi connectivity index (χ2v) is 5.81. The lowest BCUT2D eigenvalue weighted by Crippen LogP contribution is -2.22. The van der Waals surface area contributed by atoms with Gasteiger partial charge in [-0.15, -0.1) is 5.10 Å². The predicted molar refractivity (Wildman–Crippen MR) is 99.5 cm³/mol. The molecule has 130 valence electrons. The standard InChI is InChI=1S/C19H24N6/c1-3-24(4-2)15-16-10-8-9-13-18(16)20-14-19-21-22-23-25(19)17-11-6-5-7-12-17/h5-13,20H,3-4,14-15H2,1-2H3. The summed E-state index contributed by atoms with van der Waals surface area (Å²) in [5, 5.41) is 15.6. The molecule has 0 spiro atoms. The Morgan fingerprint density at radius 3 is 2.44 bits per heavy atom. The third-order valence-electron chi connectivity index (χ3n) is 4.28. The Kier molecular flexibility index (Phi) is 5.74. The Balaban J connectivity index is 1.74. The van der Waals surface area contributed by atoms with Crippen molar-refractivity contribution in [1.29, 1.82) is 0 Å². The van der Waals surface area contributed by atoms with E-state index in [9.17, 15) is 0 Å². The van der Waals surface area contributed by atoms with Gasteiger partial charge in [-0.1, -0.05) is 50.2 Å². The van der Waals surface area contributed by atoms with E-state index in [1.165, 1.54) is 5.56 Å². The average Bonchev–Trinajstić information content (AvgIpc) is 3.14. The largest absolute Gasteiger partial charge is 0.377 e. The van der Waals surface area contributed by atoms with Gasteiger partial charge in [0.2, 0.25) is 0 Å². The van der Waals surface area contributed by atoms with Crippen molar-refractivity contribution in [3.8, 4) is 5.69 Å². The van der Waals surface area contributed by atoms with E-state index in [0.29, 0.717) is 6.54 Å². The van der Waals surface area contributed by atoms with Gasteiger partial charge in [-0.05, 0) is 47.3 Å². The van der Waals surface area contributed by atoms with Crippen LogP contribution in [0, 0.1) is 0 Å². The molecule has 25 heavy (non-hydrogen) atoms. The van der Waals surface area contributed by atoms with Crippen LogP contribution in [-0.4, -0.2) is 38.2 Å². The van der Waals surface area contributed by atoms with Crippen LogP contribution in [0.2, 0.25) is 0 Å². The number of anilines is 1. The van der Waals surface area contributed by atoms with Gasteiger partial charge in [-0.2, -0.15) is 4.68 Å². The lowest BCUT2D eigenvalue weighted by atomic mass is 10.1. The second-order valence-electron chi connectivity index (χ2n) is 5.81. The molecule has 3 aromatic rings. The van der Waals surface area contributed by atoms with Gasteiger partial charge in [-0.3, -0.25) is 4.90 Å². The van der Waals surface area contributed by atoms with Gasteiger partial charge in [-0.25, -0.2) is 0 Å². The molecular formula is C19H24N6. The maximum Gasteiger partial charge on any atom is 0.175 e. The summed E-state index contributed by atoms with van der Waals surface area (Å²) < 4.78 is 1.76. The van der Waals surface area contributed by atoms with Crippen LogP contribution in [0.4, 0.5) is 5.69 Å². The molecule has 0 aliphatic heterocycles. The summed E-state index contributed by atoms with van der Waals surface area (Å²) in [6.07, 6.45) is 0. The van der Waals surface area contributed by atoms with Crippen molar-refractivity contribution in [2.45, 2.75) is 26.9 Å². The lowest BCUT2D eigenvalue weighted by Gasteiger charge is -2.20. The molecule has 0 saturated heterocycles. The number of hydrogen-bond donors (Lipinski definition) is 1. The number of para-hydroxylation sites is 2. The molecule has 0 fully saturated rings. The molecule has 2 aromatic carbocycles. The van der Waals surface area contributed by atoms with Crippen molar-refractivity contribution in [1.82, 2.24) is 25.1 Å². The van der Waals surface area contributed by atoms with E-state index >= 15 is 0 Å². The maximum atomic E-state index is 4.16. The van der Waals surface area contributed by atoms with Crippen LogP contribution in [0.25, 0.3) is 5.69 Å². The van der Waals surface area contributed by atoms with E-state index in [-0.39, 0.29) is 0 Å².